The van der Waals surface area contributed by atoms with Gasteiger partial charge in [-0.2, -0.15) is 0 Å². The first-order valence-electron chi connectivity index (χ1n) is 7.22. The van der Waals surface area contributed by atoms with E-state index >= 15 is 0 Å². The zero-order chi connectivity index (χ0) is 15.3. The van der Waals surface area contributed by atoms with Gasteiger partial charge in [-0.05, 0) is 13.8 Å². The fourth-order valence-electron chi connectivity index (χ4n) is 3.12. The monoisotopic (exact) mass is 306 g/mol. The molecule has 0 spiro atoms. The van der Waals surface area contributed by atoms with E-state index in [9.17, 15) is 0 Å². The molecule has 0 saturated carbocycles. The Hall–Kier alpha value is -1.61. The van der Waals surface area contributed by atoms with Crippen molar-refractivity contribution in [2.75, 3.05) is 7.11 Å². The molecule has 2 aliphatic heterocycles. The molecule has 22 heavy (non-hydrogen) atoms. The van der Waals surface area contributed by atoms with Gasteiger partial charge in [-0.1, -0.05) is 0 Å². The molecule has 2 aromatic rings. The topological polar surface area (TPSA) is 80.5 Å². The van der Waals surface area contributed by atoms with Crippen LogP contribution in [0.5, 0.6) is 0 Å². The minimum atomic E-state index is -0.632. The molecule has 0 N–H and O–H groups in total. The summed E-state index contributed by atoms with van der Waals surface area (Å²) < 4.78 is 25.1. The normalized spacial score (nSPS) is 33.4. The van der Waals surface area contributed by atoms with E-state index in [-0.39, 0.29) is 18.3 Å². The highest BCUT2D eigenvalue weighted by atomic mass is 16.8. The van der Waals surface area contributed by atoms with Gasteiger partial charge in [-0.3, -0.25) is 0 Å². The minimum absolute atomic E-state index is 0.181. The van der Waals surface area contributed by atoms with Crippen molar-refractivity contribution in [3.8, 4) is 0 Å². The van der Waals surface area contributed by atoms with Crippen LogP contribution in [0, 0.1) is 0 Å². The number of hydrogen-bond donors (Lipinski definition) is 0. The second-order valence-corrected chi connectivity index (χ2v) is 5.97. The van der Waals surface area contributed by atoms with Crippen LogP contribution in [-0.2, 0) is 25.5 Å². The van der Waals surface area contributed by atoms with Crippen molar-refractivity contribution in [1.29, 1.82) is 0 Å². The van der Waals surface area contributed by atoms with Crippen LogP contribution in [-0.4, -0.2) is 57.0 Å². The number of aromatic nitrogens is 4. The Morgan fingerprint density at radius 2 is 2.09 bits per heavy atom. The van der Waals surface area contributed by atoms with Crippen molar-refractivity contribution in [3.63, 3.8) is 0 Å². The third kappa shape index (κ3) is 2.19. The van der Waals surface area contributed by atoms with Crippen LogP contribution in [0.3, 0.4) is 0 Å². The predicted molar refractivity (Wildman–Crippen MR) is 74.8 cm³/mol. The second kappa shape index (κ2) is 4.95. The lowest BCUT2D eigenvalue weighted by Crippen LogP contribution is -2.32. The molecule has 2 saturated heterocycles. The van der Waals surface area contributed by atoms with Crippen molar-refractivity contribution in [2.45, 2.75) is 50.8 Å². The molecule has 0 radical (unpaired) electrons. The average molecular weight is 306 g/mol. The highest BCUT2D eigenvalue weighted by Crippen LogP contribution is 2.39. The standard InChI is InChI=1S/C14H18N4O4/c1-14(2)21-10-9(20-13(19-3)11(10)22-14)5-18-7-17-8-4-15-6-16-12(8)18/h4,6-7,9-11,13H,5H2,1-3H3/t9-,10-,11-,13-/m1/s1. The Kier molecular flexibility index (Phi) is 3.15. The van der Waals surface area contributed by atoms with Gasteiger partial charge in [0.2, 0.25) is 0 Å². The summed E-state index contributed by atoms with van der Waals surface area (Å²) in [7, 11) is 1.61. The first kappa shape index (κ1) is 14.0. The van der Waals surface area contributed by atoms with Crippen molar-refractivity contribution in [1.82, 2.24) is 19.5 Å². The summed E-state index contributed by atoms with van der Waals surface area (Å²) >= 11 is 0. The lowest BCUT2D eigenvalue weighted by atomic mass is 10.1. The van der Waals surface area contributed by atoms with Gasteiger partial charge in [0.15, 0.2) is 17.7 Å². The Morgan fingerprint density at radius 1 is 1.27 bits per heavy atom. The zero-order valence-electron chi connectivity index (χ0n) is 12.7. The van der Waals surface area contributed by atoms with Crippen molar-refractivity contribution < 1.29 is 18.9 Å². The highest BCUT2D eigenvalue weighted by Gasteiger charge is 2.55. The average Bonchev–Trinajstić information content (AvgIpc) is 3.12. The SMILES string of the molecule is CO[C@@H]1O[C@H](Cn2cnc3cncnc32)[C@H]2OC(C)(C)O[C@@H]12. The summed E-state index contributed by atoms with van der Waals surface area (Å²) in [5.41, 5.74) is 1.53. The van der Waals surface area contributed by atoms with E-state index in [4.69, 9.17) is 18.9 Å². The maximum Gasteiger partial charge on any atom is 0.186 e. The first-order valence-corrected chi connectivity index (χ1v) is 7.22. The molecule has 118 valence electrons. The second-order valence-electron chi connectivity index (χ2n) is 5.97. The molecule has 8 nitrogen and oxygen atoms in total. The van der Waals surface area contributed by atoms with Gasteiger partial charge in [0.25, 0.3) is 0 Å². The highest BCUT2D eigenvalue weighted by molar-refractivity contribution is 5.68. The van der Waals surface area contributed by atoms with Crippen LogP contribution < -0.4 is 0 Å². The number of ether oxygens (including phenoxy) is 4. The smallest absolute Gasteiger partial charge is 0.186 e. The maximum absolute atomic E-state index is 5.98. The number of fused-ring (bicyclic) bond motifs is 2. The third-order valence-electron chi connectivity index (χ3n) is 4.00. The van der Waals surface area contributed by atoms with Gasteiger partial charge in [0, 0.05) is 7.11 Å². The molecule has 0 bridgehead atoms. The fraction of sp³-hybridized carbons (Fsp3) is 0.643. The number of methoxy groups -OCH3 is 1. The molecule has 2 fully saturated rings. The molecular formula is C14H18N4O4. The van der Waals surface area contributed by atoms with Crippen LogP contribution in [0.1, 0.15) is 13.8 Å². The molecule has 0 amide bonds. The van der Waals surface area contributed by atoms with E-state index in [0.29, 0.717) is 6.54 Å². The Labute approximate surface area is 127 Å². The van der Waals surface area contributed by atoms with Gasteiger partial charge in [-0.15, -0.1) is 0 Å². The van der Waals surface area contributed by atoms with Gasteiger partial charge in [0.05, 0.1) is 19.1 Å². The minimum Gasteiger partial charge on any atom is -0.353 e. The summed E-state index contributed by atoms with van der Waals surface area (Å²) in [6.45, 7) is 4.36. The van der Waals surface area contributed by atoms with Crippen LogP contribution in [0.15, 0.2) is 18.9 Å². The first-order chi connectivity index (χ1) is 10.6. The van der Waals surface area contributed by atoms with E-state index < -0.39 is 12.1 Å². The molecule has 2 aromatic heterocycles. The van der Waals surface area contributed by atoms with E-state index in [2.05, 4.69) is 15.0 Å². The molecule has 4 heterocycles. The molecule has 8 heteroatoms. The summed E-state index contributed by atoms with van der Waals surface area (Å²) in [4.78, 5) is 12.5. The van der Waals surface area contributed by atoms with Crippen molar-refractivity contribution in [2.24, 2.45) is 0 Å². The van der Waals surface area contributed by atoms with E-state index in [1.807, 2.05) is 18.4 Å². The van der Waals surface area contributed by atoms with E-state index in [1.54, 1.807) is 19.6 Å². The molecular weight excluding hydrogens is 288 g/mol. The number of rotatable bonds is 3. The summed E-state index contributed by atoms with van der Waals surface area (Å²) in [6, 6.07) is 0. The molecule has 4 rings (SSSR count). The van der Waals surface area contributed by atoms with E-state index in [0.717, 1.165) is 11.2 Å². The lowest BCUT2D eigenvalue weighted by molar-refractivity contribution is -0.228. The third-order valence-corrected chi connectivity index (χ3v) is 4.00. The van der Waals surface area contributed by atoms with Crippen LogP contribution in [0.4, 0.5) is 0 Å². The predicted octanol–water partition coefficient (Wildman–Crippen LogP) is 0.718. The Bertz CT molecular complexity index is 688. The largest absolute Gasteiger partial charge is 0.353 e. The maximum atomic E-state index is 5.98. The van der Waals surface area contributed by atoms with Crippen molar-refractivity contribution in [3.05, 3.63) is 18.9 Å². The molecule has 0 aliphatic carbocycles. The summed E-state index contributed by atoms with van der Waals surface area (Å²) in [5, 5.41) is 0. The van der Waals surface area contributed by atoms with Gasteiger partial charge in [0.1, 0.15) is 30.2 Å². The fourth-order valence-corrected chi connectivity index (χ4v) is 3.12. The van der Waals surface area contributed by atoms with Crippen LogP contribution >= 0.6 is 0 Å². The quantitative estimate of drug-likeness (QED) is 0.826. The summed E-state index contributed by atoms with van der Waals surface area (Å²) in [6.07, 6.45) is 3.90. The number of hydrogen-bond acceptors (Lipinski definition) is 7. The molecule has 2 aliphatic rings. The number of imidazole rings is 1. The van der Waals surface area contributed by atoms with Gasteiger partial charge in [-0.25, -0.2) is 15.0 Å². The van der Waals surface area contributed by atoms with E-state index in [1.165, 1.54) is 6.33 Å². The van der Waals surface area contributed by atoms with Crippen LogP contribution in [0.2, 0.25) is 0 Å². The zero-order valence-corrected chi connectivity index (χ0v) is 12.7. The van der Waals surface area contributed by atoms with Crippen molar-refractivity contribution >= 4 is 11.2 Å². The molecule has 0 aromatic carbocycles. The summed E-state index contributed by atoms with van der Waals surface area (Å²) in [5.74, 6) is -0.632. The van der Waals surface area contributed by atoms with Gasteiger partial charge < -0.3 is 23.5 Å². The Balaban J connectivity index is 1.60. The lowest BCUT2D eigenvalue weighted by Gasteiger charge is -2.23. The molecule has 4 atom stereocenters. The van der Waals surface area contributed by atoms with Gasteiger partial charge >= 0.3 is 0 Å². The molecule has 0 unspecified atom stereocenters. The Morgan fingerprint density at radius 3 is 2.91 bits per heavy atom. The van der Waals surface area contributed by atoms with Crippen LogP contribution in [0.25, 0.3) is 11.2 Å². The number of nitrogens with zero attached hydrogens (tertiary/aromatic N) is 4.